The largest absolute Gasteiger partial charge is 0.192 e. The Hall–Kier alpha value is -1.23. The first-order valence-corrected chi connectivity index (χ1v) is 3.42. The molecule has 0 aliphatic rings. The third kappa shape index (κ3) is 1.43. The molecule has 1 rings (SSSR count). The van der Waals surface area contributed by atoms with Gasteiger partial charge in [-0.15, -0.1) is 0 Å². The van der Waals surface area contributed by atoms with Crippen LogP contribution in [0, 0.1) is 25.2 Å². The van der Waals surface area contributed by atoms with Crippen molar-refractivity contribution in [2.75, 3.05) is 0 Å². The van der Waals surface area contributed by atoms with Crippen molar-refractivity contribution in [2.45, 2.75) is 13.8 Å². The second kappa shape index (κ2) is 2.80. The Morgan fingerprint density at radius 3 is 2.09 bits per heavy atom. The quantitative estimate of drug-likeness (QED) is 0.493. The van der Waals surface area contributed by atoms with Crippen LogP contribution in [-0.4, -0.2) is 7.85 Å². The maximum atomic E-state index is 8.70. The highest BCUT2D eigenvalue weighted by Crippen LogP contribution is 2.09. The fourth-order valence-electron chi connectivity index (χ4n) is 1.17. The summed E-state index contributed by atoms with van der Waals surface area (Å²) >= 11 is 0. The van der Waals surface area contributed by atoms with Gasteiger partial charge in [-0.2, -0.15) is 5.26 Å². The predicted octanol–water partition coefficient (Wildman–Crippen LogP) is 0.969. The first-order valence-electron chi connectivity index (χ1n) is 3.42. The maximum Gasteiger partial charge on any atom is 0.113 e. The van der Waals surface area contributed by atoms with Gasteiger partial charge in [-0.25, -0.2) is 0 Å². The lowest BCUT2D eigenvalue weighted by molar-refractivity contribution is 1.34. The minimum Gasteiger partial charge on any atom is -0.192 e. The van der Waals surface area contributed by atoms with Crippen LogP contribution < -0.4 is 5.46 Å². The first-order chi connectivity index (χ1) is 5.15. The van der Waals surface area contributed by atoms with Crippen LogP contribution in [0.1, 0.15) is 16.7 Å². The Morgan fingerprint density at radius 1 is 1.27 bits per heavy atom. The number of aryl methyl sites for hydroxylation is 2. The number of hydrogen-bond donors (Lipinski definition) is 0. The van der Waals surface area contributed by atoms with Gasteiger partial charge in [0.15, 0.2) is 0 Å². The zero-order chi connectivity index (χ0) is 8.43. The molecule has 0 aliphatic carbocycles. The standard InChI is InChI=1S/C9H8BN/c1-6-3-8(10)4-7(2)9(6)5-11/h3-4H,1-2H3. The molecule has 0 atom stereocenters. The SMILES string of the molecule is [B]c1cc(C)c(C#N)c(C)c1. The monoisotopic (exact) mass is 141 g/mol. The molecule has 0 spiro atoms. The molecule has 0 saturated carbocycles. The van der Waals surface area contributed by atoms with E-state index in [-0.39, 0.29) is 0 Å². The smallest absolute Gasteiger partial charge is 0.113 e. The van der Waals surface area contributed by atoms with Crippen LogP contribution in [-0.2, 0) is 0 Å². The van der Waals surface area contributed by atoms with E-state index in [1.807, 2.05) is 26.0 Å². The van der Waals surface area contributed by atoms with Crippen molar-refractivity contribution in [3.8, 4) is 6.07 Å². The van der Waals surface area contributed by atoms with Crippen LogP contribution in [0.2, 0.25) is 0 Å². The van der Waals surface area contributed by atoms with E-state index in [0.717, 1.165) is 22.2 Å². The van der Waals surface area contributed by atoms with Crippen molar-refractivity contribution in [1.82, 2.24) is 0 Å². The average Bonchev–Trinajstić information content (AvgIpc) is 1.85. The summed E-state index contributed by atoms with van der Waals surface area (Å²) in [5, 5.41) is 8.70. The van der Waals surface area contributed by atoms with Crippen LogP contribution in [0.15, 0.2) is 12.1 Å². The lowest BCUT2D eigenvalue weighted by atomic mass is 9.90. The highest BCUT2D eigenvalue weighted by molar-refractivity contribution is 6.32. The van der Waals surface area contributed by atoms with Crippen LogP contribution in [0.5, 0.6) is 0 Å². The van der Waals surface area contributed by atoms with Crippen molar-refractivity contribution in [1.29, 1.82) is 5.26 Å². The molecule has 0 unspecified atom stereocenters. The summed E-state index contributed by atoms with van der Waals surface area (Å²) in [5.41, 5.74) is 3.35. The average molecular weight is 141 g/mol. The van der Waals surface area contributed by atoms with E-state index < -0.39 is 0 Å². The Balaban J connectivity index is 3.40. The van der Waals surface area contributed by atoms with E-state index in [9.17, 15) is 0 Å². The third-order valence-electron chi connectivity index (χ3n) is 1.67. The minimum absolute atomic E-state index is 0.721. The lowest BCUT2D eigenvalue weighted by Gasteiger charge is -2.02. The second-order valence-electron chi connectivity index (χ2n) is 2.64. The first kappa shape index (κ1) is 7.88. The zero-order valence-electron chi connectivity index (χ0n) is 6.68. The Kier molecular flexibility index (Phi) is 2.00. The van der Waals surface area contributed by atoms with Crippen LogP contribution in [0.4, 0.5) is 0 Å². The van der Waals surface area contributed by atoms with Crippen LogP contribution in [0.25, 0.3) is 0 Å². The molecule has 2 heteroatoms. The molecule has 0 saturated heterocycles. The van der Waals surface area contributed by atoms with Crippen LogP contribution >= 0.6 is 0 Å². The summed E-state index contributed by atoms with van der Waals surface area (Å²) in [6.45, 7) is 3.78. The highest BCUT2D eigenvalue weighted by atomic mass is 14.2. The number of nitrogens with zero attached hydrogens (tertiary/aromatic N) is 1. The molecule has 52 valence electrons. The van der Waals surface area contributed by atoms with Gasteiger partial charge in [0, 0.05) is 0 Å². The van der Waals surface area contributed by atoms with Gasteiger partial charge in [-0.05, 0) is 25.0 Å². The lowest BCUT2D eigenvalue weighted by Crippen LogP contribution is -2.05. The van der Waals surface area contributed by atoms with Gasteiger partial charge in [0.1, 0.15) is 7.85 Å². The zero-order valence-corrected chi connectivity index (χ0v) is 6.68. The number of nitriles is 1. The number of hydrogen-bond acceptors (Lipinski definition) is 1. The molecule has 0 heterocycles. The molecule has 0 bridgehead atoms. The second-order valence-corrected chi connectivity index (χ2v) is 2.64. The molecule has 0 aliphatic heterocycles. The summed E-state index contributed by atoms with van der Waals surface area (Å²) in [4.78, 5) is 0. The normalized spacial score (nSPS) is 9.18. The Bertz CT molecular complexity index is 300. The van der Waals surface area contributed by atoms with Crippen LogP contribution in [0.3, 0.4) is 0 Å². The summed E-state index contributed by atoms with van der Waals surface area (Å²) in [7, 11) is 5.57. The van der Waals surface area contributed by atoms with Gasteiger partial charge in [-0.3, -0.25) is 0 Å². The molecule has 0 N–H and O–H groups in total. The maximum absolute atomic E-state index is 8.70. The molecule has 1 aromatic rings. The third-order valence-corrected chi connectivity index (χ3v) is 1.67. The molecule has 0 fully saturated rings. The van der Waals surface area contributed by atoms with E-state index in [0.29, 0.717) is 0 Å². The molecule has 2 radical (unpaired) electrons. The van der Waals surface area contributed by atoms with Gasteiger partial charge < -0.3 is 0 Å². The molecular formula is C9H8BN. The van der Waals surface area contributed by atoms with Gasteiger partial charge >= 0.3 is 0 Å². The van der Waals surface area contributed by atoms with Crippen molar-refractivity contribution in [3.05, 3.63) is 28.8 Å². The summed E-state index contributed by atoms with van der Waals surface area (Å²) in [6, 6.07) is 5.76. The number of rotatable bonds is 0. The van der Waals surface area contributed by atoms with Gasteiger partial charge in [-0.1, -0.05) is 17.6 Å². The topological polar surface area (TPSA) is 23.8 Å². The predicted molar refractivity (Wildman–Crippen MR) is 46.0 cm³/mol. The highest BCUT2D eigenvalue weighted by Gasteiger charge is 2.00. The molecule has 0 amide bonds. The summed E-state index contributed by atoms with van der Waals surface area (Å²) in [5.74, 6) is 0. The Morgan fingerprint density at radius 2 is 1.73 bits per heavy atom. The van der Waals surface area contributed by atoms with Crippen molar-refractivity contribution >= 4 is 13.3 Å². The minimum atomic E-state index is 0.721. The van der Waals surface area contributed by atoms with Crippen molar-refractivity contribution in [2.24, 2.45) is 0 Å². The molecule has 11 heavy (non-hydrogen) atoms. The van der Waals surface area contributed by atoms with E-state index in [1.165, 1.54) is 0 Å². The van der Waals surface area contributed by atoms with Crippen molar-refractivity contribution < 1.29 is 0 Å². The van der Waals surface area contributed by atoms with E-state index in [4.69, 9.17) is 13.1 Å². The molecule has 1 nitrogen and oxygen atoms in total. The Labute approximate surface area is 68.1 Å². The summed E-state index contributed by atoms with van der Waals surface area (Å²) < 4.78 is 0. The fraction of sp³-hybridized carbons (Fsp3) is 0.222. The fourth-order valence-corrected chi connectivity index (χ4v) is 1.17. The number of benzene rings is 1. The van der Waals surface area contributed by atoms with Crippen molar-refractivity contribution in [3.63, 3.8) is 0 Å². The summed E-state index contributed by atoms with van der Waals surface area (Å²) in [6.07, 6.45) is 0. The van der Waals surface area contributed by atoms with Gasteiger partial charge in [0.05, 0.1) is 11.6 Å². The molecule has 0 aromatic heterocycles. The van der Waals surface area contributed by atoms with E-state index in [1.54, 1.807) is 0 Å². The van der Waals surface area contributed by atoms with Gasteiger partial charge in [0.2, 0.25) is 0 Å². The van der Waals surface area contributed by atoms with E-state index in [2.05, 4.69) is 6.07 Å². The molecule has 1 aromatic carbocycles. The van der Waals surface area contributed by atoms with Gasteiger partial charge in [0.25, 0.3) is 0 Å². The van der Waals surface area contributed by atoms with E-state index >= 15 is 0 Å². The molecular weight excluding hydrogens is 133 g/mol.